The molecule has 0 radical (unpaired) electrons. The van der Waals surface area contributed by atoms with Gasteiger partial charge in [0.1, 0.15) is 0 Å². The summed E-state index contributed by atoms with van der Waals surface area (Å²) in [6.07, 6.45) is -0.484. The molecule has 11 heteroatoms. The molecule has 7 nitrogen and oxygen atoms in total. The van der Waals surface area contributed by atoms with E-state index < -0.39 is 48.0 Å². The van der Waals surface area contributed by atoms with E-state index in [0.29, 0.717) is 0 Å². The van der Waals surface area contributed by atoms with Crippen molar-refractivity contribution in [1.29, 1.82) is 0 Å². The lowest BCUT2D eigenvalue weighted by Crippen LogP contribution is -2.42. The number of nitrogens with zero attached hydrogens (tertiary/aromatic N) is 2. The van der Waals surface area contributed by atoms with Crippen LogP contribution >= 0.6 is 0 Å². The van der Waals surface area contributed by atoms with Crippen LogP contribution in [0.1, 0.15) is 23.2 Å². The van der Waals surface area contributed by atoms with E-state index >= 15 is 0 Å². The summed E-state index contributed by atoms with van der Waals surface area (Å²) in [5.41, 5.74) is -0.441. The van der Waals surface area contributed by atoms with Gasteiger partial charge >= 0.3 is 6.09 Å². The number of carbonyl (C=O) groups excluding carboxylic acids is 2. The number of furan rings is 1. The van der Waals surface area contributed by atoms with Gasteiger partial charge in [0, 0.05) is 56.2 Å². The first-order valence-electron chi connectivity index (χ1n) is 9.63. The highest BCUT2D eigenvalue weighted by atomic mass is 19.3. The molecule has 1 fully saturated rings. The Balaban J connectivity index is 1.59. The molecule has 3 heterocycles. The van der Waals surface area contributed by atoms with Gasteiger partial charge in [-0.25, -0.2) is 18.0 Å². The minimum absolute atomic E-state index is 0.0417. The average molecular weight is 451 g/mol. The smallest absolute Gasteiger partial charge is 0.414 e. The molecular formula is C21H17F4N3O4. The number of ether oxygens (including phenoxy) is 1. The Kier molecular flexibility index (Phi) is 5.49. The summed E-state index contributed by atoms with van der Waals surface area (Å²) in [6, 6.07) is 5.19. The third-order valence-electron chi connectivity index (χ3n) is 5.13. The number of piperidine rings is 1. The summed E-state index contributed by atoms with van der Waals surface area (Å²) in [5, 5.41) is 2.33. The molecule has 1 aliphatic heterocycles. The number of fused-ring (bicyclic) bond motifs is 1. The monoisotopic (exact) mass is 451 g/mol. The average Bonchev–Trinajstić information content (AvgIpc) is 3.18. The van der Waals surface area contributed by atoms with Gasteiger partial charge in [0.15, 0.2) is 11.4 Å². The van der Waals surface area contributed by atoms with E-state index in [1.165, 1.54) is 42.4 Å². The lowest BCUT2D eigenvalue weighted by molar-refractivity contribution is -0.0494. The topological polar surface area (TPSA) is 84.7 Å². The Bertz CT molecular complexity index is 1180. The summed E-state index contributed by atoms with van der Waals surface area (Å²) in [6.45, 7) is -0.157. The molecule has 0 bridgehead atoms. The Hall–Kier alpha value is -3.63. The van der Waals surface area contributed by atoms with Gasteiger partial charge in [0.25, 0.3) is 17.8 Å². The van der Waals surface area contributed by atoms with Crippen LogP contribution in [0.2, 0.25) is 0 Å². The minimum Gasteiger partial charge on any atom is -0.422 e. The number of aromatic nitrogens is 1. The van der Waals surface area contributed by atoms with Gasteiger partial charge in [0.2, 0.25) is 5.82 Å². The van der Waals surface area contributed by atoms with Crippen LogP contribution in [0.25, 0.3) is 22.2 Å². The van der Waals surface area contributed by atoms with Crippen molar-refractivity contribution in [3.05, 3.63) is 47.7 Å². The second-order valence-electron chi connectivity index (χ2n) is 7.26. The second kappa shape index (κ2) is 8.13. The maximum atomic E-state index is 14.6. The molecule has 1 saturated heterocycles. The molecular weight excluding hydrogens is 434 g/mol. The number of likely N-dealkylation sites (tertiary alicyclic amines) is 1. The zero-order valence-corrected chi connectivity index (χ0v) is 16.8. The number of carbonyl (C=O) groups is 2. The van der Waals surface area contributed by atoms with E-state index in [2.05, 4.69) is 10.3 Å². The number of pyridine rings is 1. The molecule has 3 aromatic rings. The summed E-state index contributed by atoms with van der Waals surface area (Å²) in [7, 11) is 1.32. The zero-order chi connectivity index (χ0) is 23.0. The fraction of sp³-hybridized carbons (Fsp3) is 0.286. The van der Waals surface area contributed by atoms with E-state index in [-0.39, 0.29) is 41.2 Å². The number of amides is 2. The Morgan fingerprint density at radius 1 is 1.16 bits per heavy atom. The summed E-state index contributed by atoms with van der Waals surface area (Å²) in [4.78, 5) is 29.2. The molecule has 1 aromatic carbocycles. The molecule has 0 saturated carbocycles. The summed E-state index contributed by atoms with van der Waals surface area (Å²) < 4.78 is 65.6. The predicted octanol–water partition coefficient (Wildman–Crippen LogP) is 4.36. The summed E-state index contributed by atoms with van der Waals surface area (Å²) >= 11 is 0. The van der Waals surface area contributed by atoms with Crippen molar-refractivity contribution in [3.63, 3.8) is 0 Å². The molecule has 2 aromatic heterocycles. The number of rotatable bonds is 3. The first kappa shape index (κ1) is 21.6. The van der Waals surface area contributed by atoms with Crippen molar-refractivity contribution >= 4 is 23.0 Å². The van der Waals surface area contributed by atoms with E-state index in [0.717, 1.165) is 0 Å². The molecule has 1 N–H and O–H groups in total. The van der Waals surface area contributed by atoms with Gasteiger partial charge in [-0.3, -0.25) is 9.78 Å². The standard InChI is InChI=1S/C21H17F4N3O4/c1-26-20(30)32-15-9-12-8-13(16(22)17(23)18(12)31-15)14-3-2-11(10-27-14)19(29)28-6-4-21(24,25)5-7-28/h2-3,8-10H,4-7H2,1H3,(H,26,30). The first-order chi connectivity index (χ1) is 15.2. The van der Waals surface area contributed by atoms with E-state index in [1.54, 1.807) is 0 Å². The van der Waals surface area contributed by atoms with E-state index in [9.17, 15) is 27.2 Å². The molecule has 0 spiro atoms. The van der Waals surface area contributed by atoms with Gasteiger partial charge in [-0.1, -0.05) is 0 Å². The van der Waals surface area contributed by atoms with Crippen LogP contribution in [-0.2, 0) is 0 Å². The van der Waals surface area contributed by atoms with Crippen molar-refractivity contribution in [2.45, 2.75) is 18.8 Å². The van der Waals surface area contributed by atoms with Crippen LogP contribution in [0.15, 0.2) is 34.9 Å². The predicted molar refractivity (Wildman–Crippen MR) is 105 cm³/mol. The maximum Gasteiger partial charge on any atom is 0.414 e. The van der Waals surface area contributed by atoms with Crippen LogP contribution in [0.3, 0.4) is 0 Å². The molecule has 32 heavy (non-hydrogen) atoms. The van der Waals surface area contributed by atoms with Crippen LogP contribution < -0.4 is 10.1 Å². The highest BCUT2D eigenvalue weighted by molar-refractivity contribution is 5.94. The molecule has 0 aliphatic carbocycles. The highest BCUT2D eigenvalue weighted by Gasteiger charge is 2.35. The van der Waals surface area contributed by atoms with Crippen molar-refractivity contribution in [2.24, 2.45) is 0 Å². The zero-order valence-electron chi connectivity index (χ0n) is 16.8. The number of hydrogen-bond donors (Lipinski definition) is 1. The van der Waals surface area contributed by atoms with Gasteiger partial charge in [-0.15, -0.1) is 0 Å². The largest absolute Gasteiger partial charge is 0.422 e. The first-order valence-corrected chi connectivity index (χ1v) is 9.63. The lowest BCUT2D eigenvalue weighted by Gasteiger charge is -2.31. The molecule has 2 amide bonds. The van der Waals surface area contributed by atoms with Crippen LogP contribution in [-0.4, -0.2) is 47.9 Å². The fourth-order valence-corrected chi connectivity index (χ4v) is 3.38. The van der Waals surface area contributed by atoms with Crippen molar-refractivity contribution in [3.8, 4) is 17.2 Å². The highest BCUT2D eigenvalue weighted by Crippen LogP contribution is 2.34. The van der Waals surface area contributed by atoms with Crippen molar-refractivity contribution < 1.29 is 36.3 Å². The number of halogens is 4. The van der Waals surface area contributed by atoms with Gasteiger partial charge in [0.05, 0.1) is 11.3 Å². The number of benzene rings is 1. The maximum absolute atomic E-state index is 14.6. The van der Waals surface area contributed by atoms with Gasteiger partial charge in [-0.05, 0) is 18.2 Å². The Morgan fingerprint density at radius 3 is 2.50 bits per heavy atom. The number of hydrogen-bond acceptors (Lipinski definition) is 5. The molecule has 0 atom stereocenters. The van der Waals surface area contributed by atoms with Crippen LogP contribution in [0.5, 0.6) is 5.95 Å². The minimum atomic E-state index is -2.78. The number of alkyl halides is 2. The summed E-state index contributed by atoms with van der Waals surface area (Å²) in [5.74, 6) is -6.09. The fourth-order valence-electron chi connectivity index (χ4n) is 3.38. The van der Waals surface area contributed by atoms with E-state index in [4.69, 9.17) is 9.15 Å². The Labute approximate surface area is 179 Å². The van der Waals surface area contributed by atoms with Crippen LogP contribution in [0.4, 0.5) is 22.4 Å². The Morgan fingerprint density at radius 2 is 1.88 bits per heavy atom. The van der Waals surface area contributed by atoms with Crippen molar-refractivity contribution in [1.82, 2.24) is 15.2 Å². The lowest BCUT2D eigenvalue weighted by atomic mass is 10.0. The second-order valence-corrected chi connectivity index (χ2v) is 7.26. The van der Waals surface area contributed by atoms with Gasteiger partial charge in [-0.2, -0.15) is 4.39 Å². The molecule has 168 valence electrons. The number of nitrogens with one attached hydrogen (secondary N) is 1. The molecule has 4 rings (SSSR count). The SMILES string of the molecule is CNC(=O)Oc1cc2cc(-c3ccc(C(=O)N4CCC(F)(F)CC4)cn3)c(F)c(F)c2o1. The molecule has 0 unspecified atom stereocenters. The quantitative estimate of drug-likeness (QED) is 0.598. The van der Waals surface area contributed by atoms with Crippen LogP contribution in [0, 0.1) is 11.6 Å². The van der Waals surface area contributed by atoms with E-state index in [1.807, 2.05) is 0 Å². The molecule has 1 aliphatic rings. The normalized spacial score (nSPS) is 15.6. The van der Waals surface area contributed by atoms with Crippen molar-refractivity contribution in [2.75, 3.05) is 20.1 Å². The third kappa shape index (κ3) is 4.10. The van der Waals surface area contributed by atoms with Gasteiger partial charge < -0.3 is 19.4 Å². The third-order valence-corrected chi connectivity index (χ3v) is 5.13.